The third-order valence-electron chi connectivity index (χ3n) is 4.22. The smallest absolute Gasteiger partial charge is 0.220 e. The zero-order valence-corrected chi connectivity index (χ0v) is 11.2. The van der Waals surface area contributed by atoms with E-state index in [1.807, 2.05) is 0 Å². The molecular formula is C14H26N2O2. The first-order valence-electron chi connectivity index (χ1n) is 7.39. The van der Waals surface area contributed by atoms with Gasteiger partial charge in [-0.25, -0.2) is 0 Å². The molecule has 1 amide bonds. The Hall–Kier alpha value is -0.610. The number of hydrogen-bond acceptors (Lipinski definition) is 3. The molecule has 1 heterocycles. The zero-order valence-electron chi connectivity index (χ0n) is 11.2. The van der Waals surface area contributed by atoms with E-state index < -0.39 is 0 Å². The van der Waals surface area contributed by atoms with Crippen molar-refractivity contribution >= 4 is 5.91 Å². The molecular weight excluding hydrogens is 228 g/mol. The van der Waals surface area contributed by atoms with E-state index in [1.165, 1.54) is 12.8 Å². The number of hydrogen-bond donors (Lipinski definition) is 3. The Labute approximate surface area is 110 Å². The quantitative estimate of drug-likeness (QED) is 0.702. The number of carbonyl (C=O) groups is 1. The topological polar surface area (TPSA) is 61.4 Å². The van der Waals surface area contributed by atoms with Gasteiger partial charge in [0.05, 0.1) is 6.10 Å². The Balaban J connectivity index is 1.61. The van der Waals surface area contributed by atoms with Crippen LogP contribution < -0.4 is 10.6 Å². The van der Waals surface area contributed by atoms with Gasteiger partial charge < -0.3 is 15.7 Å². The molecule has 0 radical (unpaired) electrons. The van der Waals surface area contributed by atoms with Crippen LogP contribution in [0.4, 0.5) is 0 Å². The Morgan fingerprint density at radius 3 is 2.78 bits per heavy atom. The van der Waals surface area contributed by atoms with Crippen molar-refractivity contribution in [3.63, 3.8) is 0 Å². The minimum absolute atomic E-state index is 0.150. The van der Waals surface area contributed by atoms with E-state index in [0.717, 1.165) is 45.3 Å². The number of aliphatic hydroxyl groups is 1. The van der Waals surface area contributed by atoms with Gasteiger partial charge in [0.1, 0.15) is 0 Å². The van der Waals surface area contributed by atoms with Crippen molar-refractivity contribution in [2.45, 2.75) is 51.0 Å². The van der Waals surface area contributed by atoms with Crippen LogP contribution in [0.5, 0.6) is 0 Å². The van der Waals surface area contributed by atoms with Crippen LogP contribution in [0, 0.1) is 11.8 Å². The molecule has 104 valence electrons. The van der Waals surface area contributed by atoms with Gasteiger partial charge >= 0.3 is 0 Å². The zero-order chi connectivity index (χ0) is 12.8. The summed E-state index contributed by atoms with van der Waals surface area (Å²) >= 11 is 0. The van der Waals surface area contributed by atoms with Crippen LogP contribution >= 0.6 is 0 Å². The molecule has 0 bridgehead atoms. The fraction of sp³-hybridized carbons (Fsp3) is 0.929. The summed E-state index contributed by atoms with van der Waals surface area (Å²) in [5.74, 6) is 1.17. The Morgan fingerprint density at radius 1 is 1.22 bits per heavy atom. The number of amides is 1. The number of rotatable bonds is 4. The number of aliphatic hydroxyl groups excluding tert-OH is 1. The molecule has 1 aliphatic heterocycles. The van der Waals surface area contributed by atoms with E-state index in [4.69, 9.17) is 0 Å². The molecule has 0 aromatic carbocycles. The minimum Gasteiger partial charge on any atom is -0.393 e. The molecule has 0 aromatic heterocycles. The first kappa shape index (κ1) is 13.8. The summed E-state index contributed by atoms with van der Waals surface area (Å²) in [5.41, 5.74) is 0. The van der Waals surface area contributed by atoms with Gasteiger partial charge in [0, 0.05) is 13.0 Å². The first-order chi connectivity index (χ1) is 8.74. The van der Waals surface area contributed by atoms with Crippen molar-refractivity contribution in [3.05, 3.63) is 0 Å². The molecule has 3 unspecified atom stereocenters. The van der Waals surface area contributed by atoms with E-state index in [2.05, 4.69) is 10.6 Å². The van der Waals surface area contributed by atoms with Crippen LogP contribution in [0.15, 0.2) is 0 Å². The number of carbonyl (C=O) groups excluding carboxylic acids is 1. The first-order valence-corrected chi connectivity index (χ1v) is 7.39. The van der Waals surface area contributed by atoms with Crippen molar-refractivity contribution in [1.29, 1.82) is 0 Å². The molecule has 0 aromatic rings. The molecule has 1 aliphatic carbocycles. The molecule has 3 N–H and O–H groups in total. The Bertz CT molecular complexity index is 265. The maximum absolute atomic E-state index is 11.8. The number of piperidine rings is 1. The monoisotopic (exact) mass is 254 g/mol. The van der Waals surface area contributed by atoms with Crippen molar-refractivity contribution in [2.24, 2.45) is 11.8 Å². The highest BCUT2D eigenvalue weighted by Crippen LogP contribution is 2.23. The lowest BCUT2D eigenvalue weighted by atomic mass is 9.87. The predicted molar refractivity (Wildman–Crippen MR) is 71.2 cm³/mol. The summed E-state index contributed by atoms with van der Waals surface area (Å²) in [7, 11) is 0. The van der Waals surface area contributed by atoms with Gasteiger partial charge in [-0.1, -0.05) is 6.42 Å². The summed E-state index contributed by atoms with van der Waals surface area (Å²) in [5, 5.41) is 16.0. The fourth-order valence-corrected chi connectivity index (χ4v) is 3.14. The molecule has 4 nitrogen and oxygen atoms in total. The lowest BCUT2D eigenvalue weighted by Crippen LogP contribution is -2.36. The highest BCUT2D eigenvalue weighted by atomic mass is 16.3. The predicted octanol–water partition coefficient (Wildman–Crippen LogP) is 1.04. The van der Waals surface area contributed by atoms with Gasteiger partial charge in [0.15, 0.2) is 0 Å². The van der Waals surface area contributed by atoms with Crippen LogP contribution in [-0.2, 0) is 4.79 Å². The van der Waals surface area contributed by atoms with Crippen LogP contribution in [0.1, 0.15) is 44.9 Å². The largest absolute Gasteiger partial charge is 0.393 e. The summed E-state index contributed by atoms with van der Waals surface area (Å²) in [6.07, 6.45) is 6.88. The van der Waals surface area contributed by atoms with Crippen molar-refractivity contribution in [1.82, 2.24) is 10.6 Å². The standard InChI is InChI=1S/C14H26N2O2/c17-13-5-1-3-11(7-13)10-16-14(18)8-12-4-2-6-15-9-12/h11-13,15,17H,1-10H2,(H,16,18). The summed E-state index contributed by atoms with van der Waals surface area (Å²) < 4.78 is 0. The van der Waals surface area contributed by atoms with Gasteiger partial charge in [-0.05, 0) is 57.0 Å². The highest BCUT2D eigenvalue weighted by Gasteiger charge is 2.21. The average molecular weight is 254 g/mol. The second-order valence-corrected chi connectivity index (χ2v) is 5.91. The minimum atomic E-state index is -0.150. The van der Waals surface area contributed by atoms with Gasteiger partial charge in [-0.2, -0.15) is 0 Å². The van der Waals surface area contributed by atoms with E-state index in [1.54, 1.807) is 0 Å². The molecule has 0 spiro atoms. The Kier molecular flexibility index (Phi) is 5.45. The maximum atomic E-state index is 11.8. The van der Waals surface area contributed by atoms with Crippen molar-refractivity contribution < 1.29 is 9.90 Å². The van der Waals surface area contributed by atoms with Gasteiger partial charge in [-0.3, -0.25) is 4.79 Å². The highest BCUT2D eigenvalue weighted by molar-refractivity contribution is 5.76. The SMILES string of the molecule is O=C(CC1CCCNC1)NCC1CCCC(O)C1. The second-order valence-electron chi connectivity index (χ2n) is 5.91. The van der Waals surface area contributed by atoms with E-state index in [-0.39, 0.29) is 12.0 Å². The van der Waals surface area contributed by atoms with E-state index in [9.17, 15) is 9.90 Å². The molecule has 4 heteroatoms. The number of nitrogens with one attached hydrogen (secondary N) is 2. The summed E-state index contributed by atoms with van der Waals surface area (Å²) in [6, 6.07) is 0. The third-order valence-corrected chi connectivity index (χ3v) is 4.22. The molecule has 2 fully saturated rings. The molecule has 2 aliphatic rings. The second kappa shape index (κ2) is 7.10. The average Bonchev–Trinajstić information content (AvgIpc) is 2.38. The fourth-order valence-electron chi connectivity index (χ4n) is 3.14. The Morgan fingerprint density at radius 2 is 2.06 bits per heavy atom. The molecule has 18 heavy (non-hydrogen) atoms. The summed E-state index contributed by atoms with van der Waals surface area (Å²) in [6.45, 7) is 2.82. The van der Waals surface area contributed by atoms with Crippen molar-refractivity contribution in [3.8, 4) is 0 Å². The van der Waals surface area contributed by atoms with Crippen LogP contribution in [-0.4, -0.2) is 36.8 Å². The van der Waals surface area contributed by atoms with E-state index >= 15 is 0 Å². The lowest BCUT2D eigenvalue weighted by molar-refractivity contribution is -0.122. The van der Waals surface area contributed by atoms with Gasteiger partial charge in [0.25, 0.3) is 0 Å². The molecule has 1 saturated carbocycles. The molecule has 3 atom stereocenters. The van der Waals surface area contributed by atoms with Crippen LogP contribution in [0.3, 0.4) is 0 Å². The van der Waals surface area contributed by atoms with Crippen LogP contribution in [0.2, 0.25) is 0 Å². The van der Waals surface area contributed by atoms with Gasteiger partial charge in [0.2, 0.25) is 5.91 Å². The normalized spacial score (nSPS) is 33.1. The molecule has 2 rings (SSSR count). The van der Waals surface area contributed by atoms with Crippen LogP contribution in [0.25, 0.3) is 0 Å². The third kappa shape index (κ3) is 4.58. The van der Waals surface area contributed by atoms with Crippen molar-refractivity contribution in [2.75, 3.05) is 19.6 Å². The summed E-state index contributed by atoms with van der Waals surface area (Å²) in [4.78, 5) is 11.8. The molecule has 1 saturated heterocycles. The maximum Gasteiger partial charge on any atom is 0.220 e. The lowest BCUT2D eigenvalue weighted by Gasteiger charge is -2.26. The van der Waals surface area contributed by atoms with E-state index in [0.29, 0.717) is 18.3 Å². The van der Waals surface area contributed by atoms with Gasteiger partial charge in [-0.15, -0.1) is 0 Å².